The maximum atomic E-state index is 4.34. The van der Waals surface area contributed by atoms with Crippen molar-refractivity contribution < 1.29 is 0 Å². The number of alkyl halides is 1. The van der Waals surface area contributed by atoms with Crippen molar-refractivity contribution >= 4 is 49.4 Å². The zero-order chi connectivity index (χ0) is 10.7. The number of thioether (sulfide) groups is 1. The standard InChI is InChI=1S/C9H11Br2N3S/c10-3-7-5-15-2-1-14(7)9-8(11)4-12-6-13-9/h4,6-7H,1-3,5H2. The van der Waals surface area contributed by atoms with Crippen molar-refractivity contribution in [1.29, 1.82) is 0 Å². The van der Waals surface area contributed by atoms with Crippen LogP contribution in [0.4, 0.5) is 5.82 Å². The number of anilines is 1. The van der Waals surface area contributed by atoms with Crippen LogP contribution in [0.2, 0.25) is 0 Å². The first-order chi connectivity index (χ1) is 7.33. The van der Waals surface area contributed by atoms with Crippen LogP contribution in [0.1, 0.15) is 0 Å². The molecule has 0 radical (unpaired) electrons. The number of hydrogen-bond donors (Lipinski definition) is 0. The molecular weight excluding hydrogens is 342 g/mol. The molecule has 0 N–H and O–H groups in total. The second kappa shape index (κ2) is 5.50. The van der Waals surface area contributed by atoms with Crippen LogP contribution in [0.15, 0.2) is 17.0 Å². The van der Waals surface area contributed by atoms with Crippen molar-refractivity contribution in [3.63, 3.8) is 0 Å². The van der Waals surface area contributed by atoms with E-state index >= 15 is 0 Å². The van der Waals surface area contributed by atoms with Gasteiger partial charge in [0.25, 0.3) is 0 Å². The lowest BCUT2D eigenvalue weighted by Crippen LogP contribution is -2.44. The summed E-state index contributed by atoms with van der Waals surface area (Å²) >= 11 is 9.06. The molecule has 1 aliphatic rings. The van der Waals surface area contributed by atoms with Gasteiger partial charge in [-0.25, -0.2) is 9.97 Å². The molecule has 1 atom stereocenters. The second-order valence-electron chi connectivity index (χ2n) is 3.27. The van der Waals surface area contributed by atoms with E-state index in [0.717, 1.165) is 27.9 Å². The van der Waals surface area contributed by atoms with Gasteiger partial charge in [0.15, 0.2) is 0 Å². The highest BCUT2D eigenvalue weighted by atomic mass is 79.9. The quantitative estimate of drug-likeness (QED) is 0.765. The lowest BCUT2D eigenvalue weighted by atomic mass is 10.3. The molecule has 1 aliphatic heterocycles. The highest BCUT2D eigenvalue weighted by Gasteiger charge is 2.24. The lowest BCUT2D eigenvalue weighted by molar-refractivity contribution is 0.697. The number of aromatic nitrogens is 2. The first-order valence-electron chi connectivity index (χ1n) is 4.69. The van der Waals surface area contributed by atoms with Gasteiger partial charge in [0.2, 0.25) is 0 Å². The van der Waals surface area contributed by atoms with Crippen LogP contribution in [0.5, 0.6) is 0 Å². The molecule has 2 rings (SSSR count). The fourth-order valence-electron chi connectivity index (χ4n) is 1.58. The summed E-state index contributed by atoms with van der Waals surface area (Å²) in [6.07, 6.45) is 3.41. The maximum absolute atomic E-state index is 4.34. The van der Waals surface area contributed by atoms with Crippen molar-refractivity contribution in [1.82, 2.24) is 9.97 Å². The molecule has 2 heterocycles. The Bertz CT molecular complexity index is 337. The minimum absolute atomic E-state index is 0.523. The molecule has 1 saturated heterocycles. The molecule has 0 bridgehead atoms. The van der Waals surface area contributed by atoms with Crippen LogP contribution < -0.4 is 4.90 Å². The van der Waals surface area contributed by atoms with Crippen LogP contribution in [0, 0.1) is 0 Å². The van der Waals surface area contributed by atoms with Crippen molar-refractivity contribution in [2.75, 3.05) is 28.3 Å². The van der Waals surface area contributed by atoms with Crippen molar-refractivity contribution in [3.8, 4) is 0 Å². The largest absolute Gasteiger partial charge is 0.350 e. The Morgan fingerprint density at radius 3 is 3.20 bits per heavy atom. The van der Waals surface area contributed by atoms with Gasteiger partial charge in [0.1, 0.15) is 12.1 Å². The van der Waals surface area contributed by atoms with Gasteiger partial charge in [-0.05, 0) is 15.9 Å². The SMILES string of the molecule is BrCC1CSCCN1c1ncncc1Br. The molecule has 82 valence electrons. The predicted octanol–water partition coefficient (Wildman–Crippen LogP) is 2.56. The summed E-state index contributed by atoms with van der Waals surface area (Å²) in [6.45, 7) is 1.05. The third-order valence-electron chi connectivity index (χ3n) is 2.33. The Morgan fingerprint density at radius 1 is 1.60 bits per heavy atom. The van der Waals surface area contributed by atoms with Gasteiger partial charge in [0.05, 0.1) is 4.47 Å². The van der Waals surface area contributed by atoms with Gasteiger partial charge in [-0.15, -0.1) is 0 Å². The predicted molar refractivity (Wildman–Crippen MR) is 72.0 cm³/mol. The van der Waals surface area contributed by atoms with Gasteiger partial charge in [-0.1, -0.05) is 15.9 Å². The minimum Gasteiger partial charge on any atom is -0.350 e. The zero-order valence-electron chi connectivity index (χ0n) is 8.07. The molecule has 0 amide bonds. The molecule has 0 saturated carbocycles. The van der Waals surface area contributed by atoms with E-state index in [1.807, 2.05) is 11.8 Å². The second-order valence-corrected chi connectivity index (χ2v) is 5.92. The first-order valence-corrected chi connectivity index (χ1v) is 7.75. The third kappa shape index (κ3) is 2.65. The van der Waals surface area contributed by atoms with E-state index in [4.69, 9.17) is 0 Å². The van der Waals surface area contributed by atoms with E-state index in [-0.39, 0.29) is 0 Å². The Hall–Kier alpha value is 0.190. The zero-order valence-corrected chi connectivity index (χ0v) is 12.1. The summed E-state index contributed by atoms with van der Waals surface area (Å²) in [4.78, 5) is 10.7. The Morgan fingerprint density at radius 2 is 2.47 bits per heavy atom. The van der Waals surface area contributed by atoms with Crippen molar-refractivity contribution in [3.05, 3.63) is 17.0 Å². The molecule has 1 fully saturated rings. The van der Waals surface area contributed by atoms with E-state index in [1.54, 1.807) is 12.5 Å². The van der Waals surface area contributed by atoms with E-state index in [0.29, 0.717) is 6.04 Å². The number of nitrogens with zero attached hydrogens (tertiary/aromatic N) is 3. The molecule has 15 heavy (non-hydrogen) atoms. The molecule has 0 aromatic carbocycles. The average Bonchev–Trinajstić information content (AvgIpc) is 2.30. The highest BCUT2D eigenvalue weighted by molar-refractivity contribution is 9.10. The van der Waals surface area contributed by atoms with E-state index in [1.165, 1.54) is 5.75 Å². The molecular formula is C9H11Br2N3S. The molecule has 0 aliphatic carbocycles. The lowest BCUT2D eigenvalue weighted by Gasteiger charge is -2.35. The molecule has 1 aromatic rings. The summed E-state index contributed by atoms with van der Waals surface area (Å²) in [6, 6.07) is 0.523. The Kier molecular flexibility index (Phi) is 4.28. The number of hydrogen-bond acceptors (Lipinski definition) is 4. The molecule has 3 nitrogen and oxygen atoms in total. The summed E-state index contributed by atoms with van der Waals surface area (Å²) in [5.74, 6) is 3.33. The fourth-order valence-corrected chi connectivity index (χ4v) is 3.97. The van der Waals surface area contributed by atoms with Crippen molar-refractivity contribution in [2.45, 2.75) is 6.04 Å². The first kappa shape index (κ1) is 11.7. The van der Waals surface area contributed by atoms with E-state index < -0.39 is 0 Å². The van der Waals surface area contributed by atoms with Crippen LogP contribution in [-0.4, -0.2) is 39.4 Å². The van der Waals surface area contributed by atoms with Crippen LogP contribution >= 0.6 is 43.6 Å². The summed E-state index contributed by atoms with van der Waals surface area (Å²) in [5, 5.41) is 0.983. The molecule has 1 unspecified atom stereocenters. The highest BCUT2D eigenvalue weighted by Crippen LogP contribution is 2.28. The fraction of sp³-hybridized carbons (Fsp3) is 0.556. The number of halogens is 2. The molecule has 1 aromatic heterocycles. The normalized spacial score (nSPS) is 21.7. The van der Waals surface area contributed by atoms with Gasteiger partial charge < -0.3 is 4.90 Å². The molecule has 6 heteroatoms. The molecule has 0 spiro atoms. The van der Waals surface area contributed by atoms with Gasteiger partial charge in [0, 0.05) is 35.6 Å². The van der Waals surface area contributed by atoms with Crippen molar-refractivity contribution in [2.24, 2.45) is 0 Å². The smallest absolute Gasteiger partial charge is 0.146 e. The van der Waals surface area contributed by atoms with Gasteiger partial charge >= 0.3 is 0 Å². The van der Waals surface area contributed by atoms with Gasteiger partial charge in [-0.3, -0.25) is 0 Å². The summed E-state index contributed by atoms with van der Waals surface area (Å²) in [7, 11) is 0. The van der Waals surface area contributed by atoms with E-state index in [2.05, 4.69) is 46.7 Å². The minimum atomic E-state index is 0.523. The Balaban J connectivity index is 2.24. The van der Waals surface area contributed by atoms with E-state index in [9.17, 15) is 0 Å². The van der Waals surface area contributed by atoms with Crippen LogP contribution in [0.25, 0.3) is 0 Å². The maximum Gasteiger partial charge on any atom is 0.146 e. The topological polar surface area (TPSA) is 29.0 Å². The summed E-state index contributed by atoms with van der Waals surface area (Å²) in [5.41, 5.74) is 0. The Labute approximate surface area is 110 Å². The van der Waals surface area contributed by atoms with Crippen LogP contribution in [-0.2, 0) is 0 Å². The summed E-state index contributed by atoms with van der Waals surface area (Å²) < 4.78 is 0.975. The third-order valence-corrected chi connectivity index (χ3v) is 4.72. The monoisotopic (exact) mass is 351 g/mol. The average molecular weight is 353 g/mol. The number of rotatable bonds is 2. The van der Waals surface area contributed by atoms with Crippen LogP contribution in [0.3, 0.4) is 0 Å². The van der Waals surface area contributed by atoms with Gasteiger partial charge in [-0.2, -0.15) is 11.8 Å².